The number of rotatable bonds is 4. The monoisotopic (exact) mass is 298 g/mol. The van der Waals surface area contributed by atoms with Crippen molar-refractivity contribution in [3.8, 4) is 23.6 Å². The molecule has 0 atom stereocenters. The van der Waals surface area contributed by atoms with Gasteiger partial charge in [0.15, 0.2) is 0 Å². The normalized spacial score (nSPS) is 10.7. The molecule has 1 rings (SSSR count). The molecule has 1 aromatic carbocycles. The van der Waals surface area contributed by atoms with Gasteiger partial charge in [0.2, 0.25) is 0 Å². The predicted molar refractivity (Wildman–Crippen MR) is 89.4 cm³/mol. The molecule has 0 N–H and O–H groups in total. The molecule has 0 spiro atoms. The van der Waals surface area contributed by atoms with Crippen molar-refractivity contribution in [2.24, 2.45) is 0 Å². The van der Waals surface area contributed by atoms with Crippen molar-refractivity contribution in [2.75, 3.05) is 14.2 Å². The van der Waals surface area contributed by atoms with Gasteiger partial charge in [-0.15, -0.1) is 0 Å². The van der Waals surface area contributed by atoms with E-state index in [1.165, 1.54) is 0 Å². The molecule has 22 heavy (non-hydrogen) atoms. The van der Waals surface area contributed by atoms with Gasteiger partial charge < -0.3 is 9.47 Å². The van der Waals surface area contributed by atoms with Crippen LogP contribution in [0.4, 0.5) is 0 Å². The highest BCUT2D eigenvalue weighted by molar-refractivity contribution is 5.71. The Kier molecular flexibility index (Phi) is 8.83. The lowest BCUT2D eigenvalue weighted by atomic mass is 10.0. The SMILES string of the molecule is CC.COc1cc(/C=C(/C)C#N)c(OC)cc1/C=C(/C)C#N. The Morgan fingerprint density at radius 2 is 1.18 bits per heavy atom. The average Bonchev–Trinajstić information content (AvgIpc) is 2.56. The van der Waals surface area contributed by atoms with Crippen molar-refractivity contribution in [1.29, 1.82) is 10.5 Å². The molecule has 1 aromatic rings. The fourth-order valence-electron chi connectivity index (χ4n) is 1.70. The maximum atomic E-state index is 8.86. The lowest BCUT2D eigenvalue weighted by Gasteiger charge is -2.11. The summed E-state index contributed by atoms with van der Waals surface area (Å²) in [6.45, 7) is 7.44. The molecule has 0 radical (unpaired) electrons. The van der Waals surface area contributed by atoms with Gasteiger partial charge >= 0.3 is 0 Å². The molecule has 0 aromatic heterocycles. The largest absolute Gasteiger partial charge is 0.496 e. The van der Waals surface area contributed by atoms with E-state index in [1.54, 1.807) is 52.4 Å². The molecule has 0 fully saturated rings. The molecule has 116 valence electrons. The number of benzene rings is 1. The smallest absolute Gasteiger partial charge is 0.126 e. The van der Waals surface area contributed by atoms with Gasteiger partial charge in [-0.1, -0.05) is 13.8 Å². The van der Waals surface area contributed by atoms with Crippen molar-refractivity contribution in [3.63, 3.8) is 0 Å². The van der Waals surface area contributed by atoms with Crippen LogP contribution < -0.4 is 9.47 Å². The Balaban J connectivity index is 0.00000211. The van der Waals surface area contributed by atoms with Gasteiger partial charge in [-0.2, -0.15) is 10.5 Å². The number of ether oxygens (including phenoxy) is 2. The molecule has 0 amide bonds. The standard InChI is InChI=1S/C16H16N2O2.C2H6/c1-11(9-17)5-13-7-16(20-4)14(6-12(2)10-18)8-15(13)19-3;1-2/h5-8H,1-4H3;1-2H3/b11-5-,12-6-;. The van der Waals surface area contributed by atoms with Crippen LogP contribution in [0, 0.1) is 22.7 Å². The Morgan fingerprint density at radius 1 is 0.864 bits per heavy atom. The minimum atomic E-state index is 0.571. The summed E-state index contributed by atoms with van der Waals surface area (Å²) >= 11 is 0. The van der Waals surface area contributed by atoms with Crippen LogP contribution in [-0.4, -0.2) is 14.2 Å². The van der Waals surface area contributed by atoms with E-state index in [4.69, 9.17) is 20.0 Å². The lowest BCUT2D eigenvalue weighted by Crippen LogP contribution is -1.94. The number of allylic oxidation sites excluding steroid dienone is 2. The van der Waals surface area contributed by atoms with Crippen LogP contribution in [0.2, 0.25) is 0 Å². The Morgan fingerprint density at radius 3 is 1.41 bits per heavy atom. The zero-order valence-electron chi connectivity index (χ0n) is 14.0. The molecule has 0 aliphatic heterocycles. The fraction of sp³-hybridized carbons (Fsp3) is 0.333. The summed E-state index contributed by atoms with van der Waals surface area (Å²) in [6.07, 6.45) is 3.46. The molecule has 0 bridgehead atoms. The second-order valence-electron chi connectivity index (χ2n) is 4.21. The number of nitriles is 2. The number of hydrogen-bond acceptors (Lipinski definition) is 4. The summed E-state index contributed by atoms with van der Waals surface area (Å²) < 4.78 is 10.6. The summed E-state index contributed by atoms with van der Waals surface area (Å²) in [5.74, 6) is 1.25. The molecule has 4 nitrogen and oxygen atoms in total. The van der Waals surface area contributed by atoms with Crippen LogP contribution in [0.3, 0.4) is 0 Å². The van der Waals surface area contributed by atoms with Crippen molar-refractivity contribution >= 4 is 12.2 Å². The topological polar surface area (TPSA) is 66.0 Å². The van der Waals surface area contributed by atoms with Gasteiger partial charge in [-0.3, -0.25) is 0 Å². The number of nitrogens with zero attached hydrogens (tertiary/aromatic N) is 2. The highest BCUT2D eigenvalue weighted by Crippen LogP contribution is 2.31. The molecule has 0 saturated heterocycles. The molecule has 4 heteroatoms. The van der Waals surface area contributed by atoms with Gasteiger partial charge in [0, 0.05) is 22.3 Å². The molecule has 0 aliphatic rings. The van der Waals surface area contributed by atoms with E-state index in [9.17, 15) is 0 Å². The van der Waals surface area contributed by atoms with Crippen molar-refractivity contribution < 1.29 is 9.47 Å². The summed E-state index contributed by atoms with van der Waals surface area (Å²) in [7, 11) is 3.12. The predicted octanol–water partition coefficient (Wildman–Crippen LogP) is 4.58. The summed E-state index contributed by atoms with van der Waals surface area (Å²) in [5.41, 5.74) is 2.66. The Bertz CT molecular complexity index is 587. The van der Waals surface area contributed by atoms with Crippen molar-refractivity contribution in [2.45, 2.75) is 27.7 Å². The van der Waals surface area contributed by atoms with E-state index in [0.717, 1.165) is 11.1 Å². The number of hydrogen-bond donors (Lipinski definition) is 0. The zero-order chi connectivity index (χ0) is 17.1. The third kappa shape index (κ3) is 5.34. The molecular weight excluding hydrogens is 276 g/mol. The Hall–Kier alpha value is -2.72. The average molecular weight is 298 g/mol. The van der Waals surface area contributed by atoms with Crippen LogP contribution >= 0.6 is 0 Å². The fourth-order valence-corrected chi connectivity index (χ4v) is 1.70. The first-order chi connectivity index (χ1) is 10.5. The van der Waals surface area contributed by atoms with Gasteiger partial charge in [0.05, 0.1) is 26.4 Å². The van der Waals surface area contributed by atoms with Crippen molar-refractivity contribution in [3.05, 3.63) is 34.4 Å². The Labute approximate surface area is 132 Å². The van der Waals surface area contributed by atoms with Gasteiger partial charge in [0.25, 0.3) is 0 Å². The lowest BCUT2D eigenvalue weighted by molar-refractivity contribution is 0.401. The molecule has 0 aliphatic carbocycles. The minimum Gasteiger partial charge on any atom is -0.496 e. The molecule has 0 unspecified atom stereocenters. The third-order valence-corrected chi connectivity index (χ3v) is 2.68. The first kappa shape index (κ1) is 19.3. The highest BCUT2D eigenvalue weighted by atomic mass is 16.5. The third-order valence-electron chi connectivity index (χ3n) is 2.68. The maximum absolute atomic E-state index is 8.86. The van der Waals surface area contributed by atoms with Gasteiger partial charge in [-0.05, 0) is 38.1 Å². The maximum Gasteiger partial charge on any atom is 0.126 e. The van der Waals surface area contributed by atoms with Crippen LogP contribution in [0.15, 0.2) is 23.3 Å². The quantitative estimate of drug-likeness (QED) is 0.763. The molecule has 0 heterocycles. The van der Waals surface area contributed by atoms with Crippen LogP contribution in [0.1, 0.15) is 38.8 Å². The van der Waals surface area contributed by atoms with Crippen LogP contribution in [-0.2, 0) is 0 Å². The van der Waals surface area contributed by atoms with E-state index < -0.39 is 0 Å². The summed E-state index contributed by atoms with van der Waals surface area (Å²) in [4.78, 5) is 0. The van der Waals surface area contributed by atoms with Crippen LogP contribution in [0.25, 0.3) is 12.2 Å². The van der Waals surface area contributed by atoms with Crippen molar-refractivity contribution in [1.82, 2.24) is 0 Å². The van der Waals surface area contributed by atoms with E-state index in [-0.39, 0.29) is 0 Å². The van der Waals surface area contributed by atoms with E-state index in [2.05, 4.69) is 12.1 Å². The van der Waals surface area contributed by atoms with Crippen LogP contribution in [0.5, 0.6) is 11.5 Å². The first-order valence-electron chi connectivity index (χ1n) is 6.98. The zero-order valence-corrected chi connectivity index (χ0v) is 14.0. The van der Waals surface area contributed by atoms with Gasteiger partial charge in [-0.25, -0.2) is 0 Å². The van der Waals surface area contributed by atoms with E-state index in [1.807, 2.05) is 13.8 Å². The van der Waals surface area contributed by atoms with E-state index >= 15 is 0 Å². The first-order valence-corrected chi connectivity index (χ1v) is 6.98. The summed E-state index contributed by atoms with van der Waals surface area (Å²) in [6, 6.07) is 7.71. The second kappa shape index (κ2) is 10.1. The second-order valence-corrected chi connectivity index (χ2v) is 4.21. The van der Waals surface area contributed by atoms with Gasteiger partial charge in [0.1, 0.15) is 11.5 Å². The van der Waals surface area contributed by atoms with E-state index in [0.29, 0.717) is 22.6 Å². The molecular formula is C18H22N2O2. The minimum absolute atomic E-state index is 0.571. The molecule has 0 saturated carbocycles. The summed E-state index contributed by atoms with van der Waals surface area (Å²) in [5, 5.41) is 17.7. The number of methoxy groups -OCH3 is 2. The highest BCUT2D eigenvalue weighted by Gasteiger charge is 2.09.